The second-order valence-electron chi connectivity index (χ2n) is 8.11. The molecule has 3 aromatic rings. The number of aromatic nitrogens is 1. The fraction of sp³-hybridized carbons (Fsp3) is 0.375. The quantitative estimate of drug-likeness (QED) is 0.578. The number of hydrogen-bond acceptors (Lipinski definition) is 7. The lowest BCUT2D eigenvalue weighted by Crippen LogP contribution is -2.45. The highest BCUT2D eigenvalue weighted by Gasteiger charge is 2.22. The first-order valence-electron chi connectivity index (χ1n) is 10.7. The van der Waals surface area contributed by atoms with Crippen molar-refractivity contribution in [3.05, 3.63) is 59.2 Å². The molecule has 2 aliphatic rings. The van der Waals surface area contributed by atoms with Crippen molar-refractivity contribution in [3.8, 4) is 28.7 Å². The minimum absolute atomic E-state index is 0.287. The monoisotopic (exact) mass is 439 g/mol. The van der Waals surface area contributed by atoms with Gasteiger partial charge in [0, 0.05) is 39.3 Å². The maximum Gasteiger partial charge on any atom is 0.231 e. The van der Waals surface area contributed by atoms with E-state index in [2.05, 4.69) is 26.9 Å². The van der Waals surface area contributed by atoms with Crippen LogP contribution in [0.2, 0.25) is 0 Å². The molecule has 0 atom stereocenters. The summed E-state index contributed by atoms with van der Waals surface area (Å²) in [6.07, 6.45) is 0. The number of nitrogens with zero attached hydrogens (tertiary/aromatic N) is 3. The molecule has 0 spiro atoms. The molecule has 2 aromatic carbocycles. The maximum absolute atomic E-state index is 14.3. The summed E-state index contributed by atoms with van der Waals surface area (Å²) in [5, 5.41) is 0. The summed E-state index contributed by atoms with van der Waals surface area (Å²) in [6, 6.07) is 10.7. The molecular weight excluding hydrogens is 413 g/mol. The summed E-state index contributed by atoms with van der Waals surface area (Å²) in [4.78, 5) is 9.37. The SMILES string of the molecule is COc1ccc(F)c(-c2nc(CN3CCN(Cc4ccc5c(c4)OCO5)CC3)c(C)o2)c1. The zero-order chi connectivity index (χ0) is 22.1. The van der Waals surface area contributed by atoms with Crippen molar-refractivity contribution in [2.45, 2.75) is 20.0 Å². The summed E-state index contributed by atoms with van der Waals surface area (Å²) >= 11 is 0. The molecule has 0 radical (unpaired) electrons. The van der Waals surface area contributed by atoms with Gasteiger partial charge in [-0.25, -0.2) is 9.37 Å². The molecule has 0 saturated carbocycles. The molecule has 3 heterocycles. The Kier molecular flexibility index (Phi) is 5.71. The summed E-state index contributed by atoms with van der Waals surface area (Å²) in [5.41, 5.74) is 2.37. The predicted octanol–water partition coefficient (Wildman–Crippen LogP) is 3.84. The molecule has 0 unspecified atom stereocenters. The normalized spacial score (nSPS) is 16.5. The summed E-state index contributed by atoms with van der Waals surface area (Å²) in [7, 11) is 1.55. The summed E-state index contributed by atoms with van der Waals surface area (Å²) < 4.78 is 36.2. The van der Waals surface area contributed by atoms with Gasteiger partial charge in [0.05, 0.1) is 18.4 Å². The number of fused-ring (bicyclic) bond motifs is 1. The first-order chi connectivity index (χ1) is 15.6. The number of oxazole rings is 1. The molecule has 0 amide bonds. The highest BCUT2D eigenvalue weighted by atomic mass is 19.1. The van der Waals surface area contributed by atoms with Crippen molar-refractivity contribution in [1.29, 1.82) is 0 Å². The third-order valence-electron chi connectivity index (χ3n) is 5.98. The summed E-state index contributed by atoms with van der Waals surface area (Å²) in [5.74, 6) is 2.83. The smallest absolute Gasteiger partial charge is 0.231 e. The van der Waals surface area contributed by atoms with E-state index in [4.69, 9.17) is 18.6 Å². The molecule has 1 saturated heterocycles. The molecule has 32 heavy (non-hydrogen) atoms. The maximum atomic E-state index is 14.3. The number of rotatable bonds is 6. The van der Waals surface area contributed by atoms with Gasteiger partial charge in [-0.3, -0.25) is 9.80 Å². The van der Waals surface area contributed by atoms with Crippen molar-refractivity contribution >= 4 is 0 Å². The van der Waals surface area contributed by atoms with Gasteiger partial charge in [0.1, 0.15) is 17.3 Å². The van der Waals surface area contributed by atoms with Gasteiger partial charge >= 0.3 is 0 Å². The lowest BCUT2D eigenvalue weighted by molar-refractivity contribution is 0.120. The first-order valence-corrected chi connectivity index (χ1v) is 10.7. The third kappa shape index (κ3) is 4.28. The van der Waals surface area contributed by atoms with E-state index in [0.717, 1.165) is 49.9 Å². The Labute approximate surface area is 186 Å². The second-order valence-corrected chi connectivity index (χ2v) is 8.11. The topological polar surface area (TPSA) is 60.2 Å². The largest absolute Gasteiger partial charge is 0.497 e. The number of ether oxygens (including phenoxy) is 3. The summed E-state index contributed by atoms with van der Waals surface area (Å²) in [6.45, 7) is 7.52. The number of aryl methyl sites for hydroxylation is 1. The Morgan fingerprint density at radius 1 is 0.969 bits per heavy atom. The Morgan fingerprint density at radius 2 is 1.72 bits per heavy atom. The van der Waals surface area contributed by atoms with Gasteiger partial charge in [-0.1, -0.05) is 6.07 Å². The van der Waals surface area contributed by atoms with Crippen LogP contribution in [-0.4, -0.2) is 54.9 Å². The van der Waals surface area contributed by atoms with Gasteiger partial charge in [0.2, 0.25) is 12.7 Å². The van der Waals surface area contributed by atoms with Crippen LogP contribution in [0.25, 0.3) is 11.5 Å². The molecule has 0 bridgehead atoms. The highest BCUT2D eigenvalue weighted by Crippen LogP contribution is 2.33. The number of methoxy groups -OCH3 is 1. The average Bonchev–Trinajstić information content (AvgIpc) is 3.41. The molecule has 168 valence electrons. The van der Waals surface area contributed by atoms with Crippen LogP contribution in [0.15, 0.2) is 40.8 Å². The molecule has 7 nitrogen and oxygen atoms in total. The van der Waals surface area contributed by atoms with Crippen molar-refractivity contribution in [2.24, 2.45) is 0 Å². The van der Waals surface area contributed by atoms with E-state index in [0.29, 0.717) is 30.4 Å². The van der Waals surface area contributed by atoms with Gasteiger partial charge < -0.3 is 18.6 Å². The van der Waals surface area contributed by atoms with E-state index in [-0.39, 0.29) is 11.7 Å². The standard InChI is InChI=1S/C24H26FN3O4/c1-16-21(26-24(32-16)19-12-18(29-2)4-5-20(19)25)14-28-9-7-27(8-10-28)13-17-3-6-22-23(11-17)31-15-30-22/h3-6,11-12H,7-10,13-15H2,1-2H3. The molecule has 1 fully saturated rings. The number of piperazine rings is 1. The Bertz CT molecular complexity index is 1110. The van der Waals surface area contributed by atoms with Crippen LogP contribution in [0.1, 0.15) is 17.0 Å². The third-order valence-corrected chi connectivity index (χ3v) is 5.98. The van der Waals surface area contributed by atoms with Gasteiger partial charge in [0.15, 0.2) is 11.5 Å². The molecule has 8 heteroatoms. The average molecular weight is 439 g/mol. The molecule has 2 aliphatic heterocycles. The lowest BCUT2D eigenvalue weighted by atomic mass is 10.1. The Balaban J connectivity index is 1.19. The number of benzene rings is 2. The highest BCUT2D eigenvalue weighted by molar-refractivity contribution is 5.57. The van der Waals surface area contributed by atoms with Gasteiger partial charge in [-0.2, -0.15) is 0 Å². The van der Waals surface area contributed by atoms with E-state index in [9.17, 15) is 4.39 Å². The van der Waals surface area contributed by atoms with E-state index in [1.807, 2.05) is 13.0 Å². The van der Waals surface area contributed by atoms with Gasteiger partial charge in [0.25, 0.3) is 0 Å². The van der Waals surface area contributed by atoms with Crippen LogP contribution in [0.3, 0.4) is 0 Å². The van der Waals surface area contributed by atoms with Crippen molar-refractivity contribution < 1.29 is 23.0 Å². The minimum Gasteiger partial charge on any atom is -0.497 e. The van der Waals surface area contributed by atoms with Crippen molar-refractivity contribution in [2.75, 3.05) is 40.1 Å². The predicted molar refractivity (Wildman–Crippen MR) is 116 cm³/mol. The minimum atomic E-state index is -0.379. The zero-order valence-corrected chi connectivity index (χ0v) is 18.3. The van der Waals surface area contributed by atoms with Gasteiger partial charge in [-0.05, 0) is 42.8 Å². The van der Waals surface area contributed by atoms with Crippen molar-refractivity contribution in [3.63, 3.8) is 0 Å². The Morgan fingerprint density at radius 3 is 2.50 bits per heavy atom. The van der Waals surface area contributed by atoms with Crippen LogP contribution >= 0.6 is 0 Å². The lowest BCUT2D eigenvalue weighted by Gasteiger charge is -2.34. The first kappa shape index (κ1) is 20.8. The molecule has 0 N–H and O–H groups in total. The zero-order valence-electron chi connectivity index (χ0n) is 18.3. The van der Waals surface area contributed by atoms with Crippen LogP contribution < -0.4 is 14.2 Å². The number of halogens is 1. The van der Waals surface area contributed by atoms with Crippen LogP contribution in [0, 0.1) is 12.7 Å². The molecule has 0 aliphatic carbocycles. The molecular formula is C24H26FN3O4. The fourth-order valence-electron chi connectivity index (χ4n) is 4.10. The second kappa shape index (κ2) is 8.80. The van der Waals surface area contributed by atoms with Crippen molar-refractivity contribution in [1.82, 2.24) is 14.8 Å². The molecule has 5 rings (SSSR count). The number of hydrogen-bond donors (Lipinski definition) is 0. The fourth-order valence-corrected chi connectivity index (χ4v) is 4.10. The van der Waals surface area contributed by atoms with E-state index < -0.39 is 0 Å². The van der Waals surface area contributed by atoms with E-state index >= 15 is 0 Å². The van der Waals surface area contributed by atoms with Crippen LogP contribution in [0.5, 0.6) is 17.2 Å². The van der Waals surface area contributed by atoms with Gasteiger partial charge in [-0.15, -0.1) is 0 Å². The molecule has 1 aromatic heterocycles. The van der Waals surface area contributed by atoms with Crippen LogP contribution in [-0.2, 0) is 13.1 Å². The van der Waals surface area contributed by atoms with Crippen LogP contribution in [0.4, 0.5) is 4.39 Å². The van der Waals surface area contributed by atoms with E-state index in [1.165, 1.54) is 11.6 Å². The van der Waals surface area contributed by atoms with E-state index in [1.54, 1.807) is 19.2 Å². The Hall–Kier alpha value is -3.10.